The predicted octanol–water partition coefficient (Wildman–Crippen LogP) is 4.54. The van der Waals surface area contributed by atoms with Crippen LogP contribution in [0.25, 0.3) is 0 Å². The summed E-state index contributed by atoms with van der Waals surface area (Å²) in [5.41, 5.74) is 1.20. The number of methoxy groups -OCH3 is 1. The maximum Gasteiger partial charge on any atom is 0.261 e. The largest absolute Gasteiger partial charge is 0.497 e. The minimum Gasteiger partial charge on any atom is -0.497 e. The summed E-state index contributed by atoms with van der Waals surface area (Å²) in [5, 5.41) is 2.72. The Morgan fingerprint density at radius 2 is 1.52 bits per heavy atom. The fourth-order valence-electron chi connectivity index (χ4n) is 2.77. The molecule has 0 radical (unpaired) electrons. The van der Waals surface area contributed by atoms with Crippen molar-refractivity contribution in [2.24, 2.45) is 0 Å². The molecule has 0 aliphatic rings. The summed E-state index contributed by atoms with van der Waals surface area (Å²) in [6, 6.07) is 19.3. The predicted molar refractivity (Wildman–Crippen MR) is 120 cm³/mol. The standard InChI is InChI=1S/C23H24N2O5S/c1-16(2)30-21-11-7-17(8-12-21)23(26)24-19-5-4-6-22(15-19)31(27,28)25-18-9-13-20(29-3)14-10-18/h4-16,25H,1-3H3,(H,24,26). The molecule has 162 valence electrons. The van der Waals surface area contributed by atoms with Crippen LogP contribution in [0.15, 0.2) is 77.7 Å². The van der Waals surface area contributed by atoms with Gasteiger partial charge in [0.2, 0.25) is 0 Å². The van der Waals surface area contributed by atoms with E-state index in [-0.39, 0.29) is 16.9 Å². The second-order valence-corrected chi connectivity index (χ2v) is 8.69. The molecule has 0 saturated heterocycles. The van der Waals surface area contributed by atoms with Crippen molar-refractivity contribution < 1.29 is 22.7 Å². The van der Waals surface area contributed by atoms with E-state index in [4.69, 9.17) is 9.47 Å². The van der Waals surface area contributed by atoms with Gasteiger partial charge in [0.1, 0.15) is 11.5 Å². The van der Waals surface area contributed by atoms with Crippen LogP contribution in [0.2, 0.25) is 0 Å². The van der Waals surface area contributed by atoms with Crippen LogP contribution in [0, 0.1) is 0 Å². The summed E-state index contributed by atoms with van der Waals surface area (Å²) in [6.07, 6.45) is 0.0379. The van der Waals surface area contributed by atoms with E-state index in [2.05, 4.69) is 10.0 Å². The zero-order valence-electron chi connectivity index (χ0n) is 17.5. The molecule has 0 atom stereocenters. The molecule has 3 aromatic rings. The van der Waals surface area contributed by atoms with E-state index in [1.165, 1.54) is 19.2 Å². The lowest BCUT2D eigenvalue weighted by Gasteiger charge is -2.12. The lowest BCUT2D eigenvalue weighted by atomic mass is 10.2. The van der Waals surface area contributed by atoms with Crippen molar-refractivity contribution in [2.45, 2.75) is 24.8 Å². The minimum atomic E-state index is -3.83. The van der Waals surface area contributed by atoms with Crippen molar-refractivity contribution in [3.05, 3.63) is 78.4 Å². The molecule has 0 spiro atoms. The normalized spacial score (nSPS) is 11.1. The third-order valence-corrected chi connectivity index (χ3v) is 5.61. The number of ether oxygens (including phenoxy) is 2. The Morgan fingerprint density at radius 3 is 2.13 bits per heavy atom. The van der Waals surface area contributed by atoms with Gasteiger partial charge in [-0.3, -0.25) is 9.52 Å². The summed E-state index contributed by atoms with van der Waals surface area (Å²) in [4.78, 5) is 12.6. The number of rotatable bonds is 8. The highest BCUT2D eigenvalue weighted by molar-refractivity contribution is 7.92. The summed E-state index contributed by atoms with van der Waals surface area (Å²) >= 11 is 0. The first-order chi connectivity index (χ1) is 14.8. The van der Waals surface area contributed by atoms with E-state index in [1.807, 2.05) is 13.8 Å². The maximum absolute atomic E-state index is 12.7. The quantitative estimate of drug-likeness (QED) is 0.537. The van der Waals surface area contributed by atoms with Crippen molar-refractivity contribution in [3.63, 3.8) is 0 Å². The van der Waals surface area contributed by atoms with Crippen LogP contribution < -0.4 is 19.5 Å². The van der Waals surface area contributed by atoms with Crippen LogP contribution in [-0.2, 0) is 10.0 Å². The molecule has 3 rings (SSSR count). The SMILES string of the molecule is COc1ccc(NS(=O)(=O)c2cccc(NC(=O)c3ccc(OC(C)C)cc3)c2)cc1. The first-order valence-corrected chi connectivity index (χ1v) is 11.1. The Hall–Kier alpha value is -3.52. The van der Waals surface area contributed by atoms with Gasteiger partial charge in [-0.05, 0) is 80.6 Å². The van der Waals surface area contributed by atoms with Gasteiger partial charge in [-0.25, -0.2) is 8.42 Å². The van der Waals surface area contributed by atoms with E-state index >= 15 is 0 Å². The monoisotopic (exact) mass is 440 g/mol. The molecule has 0 saturated carbocycles. The Bertz CT molecular complexity index is 1140. The van der Waals surface area contributed by atoms with Gasteiger partial charge >= 0.3 is 0 Å². The molecule has 8 heteroatoms. The number of benzene rings is 3. The number of carbonyl (C=O) groups excluding carboxylic acids is 1. The number of hydrogen-bond donors (Lipinski definition) is 2. The molecule has 2 N–H and O–H groups in total. The van der Waals surface area contributed by atoms with Gasteiger partial charge in [-0.2, -0.15) is 0 Å². The first kappa shape index (κ1) is 22.2. The molecule has 1 amide bonds. The fourth-order valence-corrected chi connectivity index (χ4v) is 3.88. The molecule has 0 bridgehead atoms. The Labute approximate surface area is 182 Å². The van der Waals surface area contributed by atoms with Gasteiger partial charge in [-0.1, -0.05) is 6.07 Å². The maximum atomic E-state index is 12.7. The minimum absolute atomic E-state index is 0.0294. The lowest BCUT2D eigenvalue weighted by Crippen LogP contribution is -2.15. The van der Waals surface area contributed by atoms with Gasteiger partial charge < -0.3 is 14.8 Å². The molecule has 7 nitrogen and oxygen atoms in total. The Kier molecular flexibility index (Phi) is 6.81. The van der Waals surface area contributed by atoms with E-state index < -0.39 is 10.0 Å². The smallest absolute Gasteiger partial charge is 0.261 e. The highest BCUT2D eigenvalue weighted by atomic mass is 32.2. The Morgan fingerprint density at radius 1 is 0.871 bits per heavy atom. The highest BCUT2D eigenvalue weighted by Crippen LogP contribution is 2.22. The summed E-state index contributed by atoms with van der Waals surface area (Å²) < 4.78 is 38.6. The molecule has 0 aromatic heterocycles. The zero-order chi connectivity index (χ0) is 22.4. The summed E-state index contributed by atoms with van der Waals surface area (Å²) in [7, 11) is -2.30. The number of anilines is 2. The Balaban J connectivity index is 1.72. The number of carbonyl (C=O) groups is 1. The zero-order valence-corrected chi connectivity index (χ0v) is 18.3. The van der Waals surface area contributed by atoms with Crippen LogP contribution in [0.4, 0.5) is 11.4 Å². The van der Waals surface area contributed by atoms with Gasteiger partial charge in [0.25, 0.3) is 15.9 Å². The van der Waals surface area contributed by atoms with Gasteiger partial charge in [0.05, 0.1) is 18.1 Å². The number of sulfonamides is 1. The van der Waals surface area contributed by atoms with Crippen LogP contribution >= 0.6 is 0 Å². The van der Waals surface area contributed by atoms with Crippen molar-refractivity contribution in [1.82, 2.24) is 0 Å². The topological polar surface area (TPSA) is 93.7 Å². The van der Waals surface area contributed by atoms with Crippen molar-refractivity contribution in [1.29, 1.82) is 0 Å². The average molecular weight is 441 g/mol. The van der Waals surface area contributed by atoms with Crippen LogP contribution in [0.5, 0.6) is 11.5 Å². The molecular weight excluding hydrogens is 416 g/mol. The second-order valence-electron chi connectivity index (χ2n) is 7.01. The molecule has 31 heavy (non-hydrogen) atoms. The van der Waals surface area contributed by atoms with Crippen LogP contribution in [0.1, 0.15) is 24.2 Å². The first-order valence-electron chi connectivity index (χ1n) is 9.62. The van der Waals surface area contributed by atoms with Crippen LogP contribution in [0.3, 0.4) is 0 Å². The third kappa shape index (κ3) is 5.99. The summed E-state index contributed by atoms with van der Waals surface area (Å²) in [6.45, 7) is 3.84. The average Bonchev–Trinajstić information content (AvgIpc) is 2.74. The van der Waals surface area contributed by atoms with Crippen molar-refractivity contribution in [3.8, 4) is 11.5 Å². The van der Waals surface area contributed by atoms with E-state index in [9.17, 15) is 13.2 Å². The van der Waals surface area contributed by atoms with E-state index in [0.29, 0.717) is 28.4 Å². The third-order valence-electron chi connectivity index (χ3n) is 4.23. The lowest BCUT2D eigenvalue weighted by molar-refractivity contribution is 0.102. The number of nitrogens with one attached hydrogen (secondary N) is 2. The molecule has 3 aromatic carbocycles. The van der Waals surface area contributed by atoms with Crippen LogP contribution in [-0.4, -0.2) is 27.5 Å². The molecule has 0 aliphatic heterocycles. The van der Waals surface area contributed by atoms with Gasteiger partial charge in [-0.15, -0.1) is 0 Å². The molecule has 0 fully saturated rings. The van der Waals surface area contributed by atoms with Gasteiger partial charge in [0.15, 0.2) is 0 Å². The van der Waals surface area contributed by atoms with E-state index in [1.54, 1.807) is 60.7 Å². The van der Waals surface area contributed by atoms with Crippen molar-refractivity contribution >= 4 is 27.3 Å². The fraction of sp³-hybridized carbons (Fsp3) is 0.174. The number of hydrogen-bond acceptors (Lipinski definition) is 5. The van der Waals surface area contributed by atoms with E-state index in [0.717, 1.165) is 0 Å². The molecule has 0 aliphatic carbocycles. The molecular formula is C23H24N2O5S. The molecule has 0 unspecified atom stereocenters. The van der Waals surface area contributed by atoms with Gasteiger partial charge in [0, 0.05) is 16.9 Å². The van der Waals surface area contributed by atoms with Crippen molar-refractivity contribution in [2.75, 3.05) is 17.1 Å². The summed E-state index contributed by atoms with van der Waals surface area (Å²) in [5.74, 6) is 0.939. The second kappa shape index (κ2) is 9.53. The molecule has 0 heterocycles. The number of amides is 1. The highest BCUT2D eigenvalue weighted by Gasteiger charge is 2.16.